The zero-order chi connectivity index (χ0) is 22.0. The van der Waals surface area contributed by atoms with Gasteiger partial charge in [-0.2, -0.15) is 5.10 Å². The topological polar surface area (TPSA) is 58.4 Å². The molecule has 1 aliphatic rings. The number of amides is 1. The van der Waals surface area contributed by atoms with Crippen LogP contribution in [-0.2, 0) is 11.3 Å². The number of carbonyl (C=O) groups excluding carboxylic acids is 1. The molecule has 3 aromatic rings. The third-order valence-corrected chi connectivity index (χ3v) is 5.86. The third kappa shape index (κ3) is 4.80. The van der Waals surface area contributed by atoms with E-state index >= 15 is 0 Å². The second kappa shape index (κ2) is 8.94. The molecule has 2 aromatic carbocycles. The van der Waals surface area contributed by atoms with E-state index in [1.54, 1.807) is 11.0 Å². The summed E-state index contributed by atoms with van der Waals surface area (Å²) in [5.74, 6) is -0.0986. The molecule has 0 spiro atoms. The van der Waals surface area contributed by atoms with Gasteiger partial charge >= 0.3 is 0 Å². The van der Waals surface area contributed by atoms with E-state index < -0.39 is 0 Å². The van der Waals surface area contributed by atoms with E-state index in [1.807, 2.05) is 56.3 Å². The van der Waals surface area contributed by atoms with Gasteiger partial charge in [0.25, 0.3) is 5.56 Å². The van der Waals surface area contributed by atoms with E-state index in [4.69, 9.17) is 11.6 Å². The van der Waals surface area contributed by atoms with Crippen LogP contribution in [0.4, 0.5) is 5.69 Å². The van der Waals surface area contributed by atoms with Crippen LogP contribution in [-0.4, -0.2) is 46.8 Å². The summed E-state index contributed by atoms with van der Waals surface area (Å²) in [5, 5.41) is 5.18. The Morgan fingerprint density at radius 1 is 1.00 bits per heavy atom. The maximum Gasteiger partial charge on any atom is 0.267 e. The van der Waals surface area contributed by atoms with Gasteiger partial charge in [-0.05, 0) is 49.7 Å². The van der Waals surface area contributed by atoms with E-state index in [2.05, 4.69) is 10.00 Å². The van der Waals surface area contributed by atoms with Crippen molar-refractivity contribution in [2.24, 2.45) is 0 Å². The molecule has 0 aliphatic carbocycles. The zero-order valence-corrected chi connectivity index (χ0v) is 18.5. The normalized spacial score (nSPS) is 14.0. The summed E-state index contributed by atoms with van der Waals surface area (Å²) in [6, 6.07) is 17.0. The van der Waals surface area contributed by atoms with Crippen LogP contribution in [0.1, 0.15) is 11.1 Å². The van der Waals surface area contributed by atoms with Crippen LogP contribution in [0.25, 0.3) is 11.3 Å². The lowest BCUT2D eigenvalue weighted by atomic mass is 10.0. The molecule has 0 N–H and O–H groups in total. The lowest BCUT2D eigenvalue weighted by Gasteiger charge is -2.36. The minimum absolute atomic E-state index is 0.0608. The fraction of sp³-hybridized carbons (Fsp3) is 0.292. The molecule has 1 fully saturated rings. The maximum atomic E-state index is 12.9. The highest BCUT2D eigenvalue weighted by Crippen LogP contribution is 2.22. The number of benzene rings is 2. The van der Waals surface area contributed by atoms with Crippen LogP contribution in [0, 0.1) is 13.8 Å². The molecule has 0 atom stereocenters. The van der Waals surface area contributed by atoms with Gasteiger partial charge in [-0.1, -0.05) is 35.4 Å². The largest absolute Gasteiger partial charge is 0.368 e. The number of nitrogens with zero attached hydrogens (tertiary/aromatic N) is 4. The highest BCUT2D eigenvalue weighted by atomic mass is 35.5. The molecular formula is C24H25ClN4O2. The van der Waals surface area contributed by atoms with Crippen molar-refractivity contribution < 1.29 is 4.79 Å². The molecule has 0 radical (unpaired) electrons. The first-order chi connectivity index (χ1) is 14.9. The van der Waals surface area contributed by atoms with Crippen LogP contribution < -0.4 is 10.5 Å². The molecule has 0 unspecified atom stereocenters. The van der Waals surface area contributed by atoms with Crippen LogP contribution >= 0.6 is 11.6 Å². The molecule has 31 heavy (non-hydrogen) atoms. The second-order valence-corrected chi connectivity index (χ2v) is 8.32. The Labute approximate surface area is 186 Å². The quantitative estimate of drug-likeness (QED) is 0.627. The van der Waals surface area contributed by atoms with Crippen molar-refractivity contribution in [2.45, 2.75) is 20.4 Å². The fourth-order valence-corrected chi connectivity index (χ4v) is 4.02. The van der Waals surface area contributed by atoms with Crippen LogP contribution in [0.15, 0.2) is 59.4 Å². The number of hydrogen-bond acceptors (Lipinski definition) is 4. The van der Waals surface area contributed by atoms with Crippen molar-refractivity contribution in [3.8, 4) is 11.3 Å². The van der Waals surface area contributed by atoms with Gasteiger partial charge in [0.1, 0.15) is 6.54 Å². The van der Waals surface area contributed by atoms with Gasteiger partial charge < -0.3 is 9.80 Å². The first-order valence-electron chi connectivity index (χ1n) is 10.3. The SMILES string of the molecule is Cc1ccc(C)c(-c2ccc(=O)n(CC(=O)N3CCN(c4cccc(Cl)c4)CC3)n2)c1. The molecule has 1 saturated heterocycles. The van der Waals surface area contributed by atoms with Crippen LogP contribution in [0.5, 0.6) is 0 Å². The van der Waals surface area contributed by atoms with E-state index in [1.165, 1.54) is 10.7 Å². The average Bonchev–Trinajstić information content (AvgIpc) is 2.77. The van der Waals surface area contributed by atoms with Crippen molar-refractivity contribution in [1.29, 1.82) is 0 Å². The van der Waals surface area contributed by atoms with Crippen LogP contribution in [0.2, 0.25) is 5.02 Å². The van der Waals surface area contributed by atoms with Crippen LogP contribution in [0.3, 0.4) is 0 Å². The monoisotopic (exact) mass is 436 g/mol. The third-order valence-electron chi connectivity index (χ3n) is 5.63. The van der Waals surface area contributed by atoms with Gasteiger partial charge in [0.05, 0.1) is 5.69 Å². The van der Waals surface area contributed by atoms with Crippen molar-refractivity contribution in [1.82, 2.24) is 14.7 Å². The standard InChI is InChI=1S/C24H25ClN4O2/c1-17-6-7-18(2)21(14-17)22-8-9-23(30)29(26-22)16-24(31)28-12-10-27(11-13-28)20-5-3-4-19(25)15-20/h3-9,14-15H,10-13,16H2,1-2H3. The summed E-state index contributed by atoms with van der Waals surface area (Å²) >= 11 is 6.09. The van der Waals surface area contributed by atoms with Gasteiger partial charge in [0.15, 0.2) is 0 Å². The summed E-state index contributed by atoms with van der Waals surface area (Å²) in [4.78, 5) is 29.2. The highest BCUT2D eigenvalue weighted by molar-refractivity contribution is 6.30. The van der Waals surface area contributed by atoms with E-state index in [9.17, 15) is 9.59 Å². The van der Waals surface area contributed by atoms with Gasteiger partial charge in [-0.15, -0.1) is 0 Å². The lowest BCUT2D eigenvalue weighted by molar-refractivity contribution is -0.132. The zero-order valence-electron chi connectivity index (χ0n) is 17.7. The molecule has 160 valence electrons. The number of aromatic nitrogens is 2. The summed E-state index contributed by atoms with van der Waals surface area (Å²) in [5.41, 5.74) is 4.63. The number of piperazine rings is 1. The number of anilines is 1. The molecular weight excluding hydrogens is 412 g/mol. The number of hydrogen-bond donors (Lipinski definition) is 0. The Hall–Kier alpha value is -3.12. The van der Waals surface area contributed by atoms with Crippen molar-refractivity contribution >= 4 is 23.2 Å². The Morgan fingerprint density at radius 3 is 2.52 bits per heavy atom. The fourth-order valence-electron chi connectivity index (χ4n) is 3.83. The molecule has 7 heteroatoms. The maximum absolute atomic E-state index is 12.9. The van der Waals surface area contributed by atoms with Gasteiger partial charge in [0, 0.05) is 48.5 Å². The van der Waals surface area contributed by atoms with Crippen molar-refractivity contribution in [2.75, 3.05) is 31.1 Å². The first-order valence-corrected chi connectivity index (χ1v) is 10.7. The number of aryl methyl sites for hydroxylation is 2. The molecule has 0 saturated carbocycles. The van der Waals surface area contributed by atoms with E-state index in [-0.39, 0.29) is 18.0 Å². The average molecular weight is 437 g/mol. The Bertz CT molecular complexity index is 1170. The Kier molecular flexibility index (Phi) is 6.09. The second-order valence-electron chi connectivity index (χ2n) is 7.88. The molecule has 1 amide bonds. The minimum Gasteiger partial charge on any atom is -0.368 e. The molecule has 1 aliphatic heterocycles. The Morgan fingerprint density at radius 2 is 1.77 bits per heavy atom. The highest BCUT2D eigenvalue weighted by Gasteiger charge is 2.22. The van der Waals surface area contributed by atoms with Gasteiger partial charge in [-0.3, -0.25) is 9.59 Å². The summed E-state index contributed by atoms with van der Waals surface area (Å²) in [6.07, 6.45) is 0. The number of rotatable bonds is 4. The first kappa shape index (κ1) is 21.1. The van der Waals surface area contributed by atoms with Crippen molar-refractivity contribution in [3.63, 3.8) is 0 Å². The minimum atomic E-state index is -0.278. The number of halogens is 1. The summed E-state index contributed by atoms with van der Waals surface area (Å²) < 4.78 is 1.27. The smallest absolute Gasteiger partial charge is 0.267 e. The molecule has 0 bridgehead atoms. The number of carbonyl (C=O) groups is 1. The van der Waals surface area contributed by atoms with Gasteiger partial charge in [0.2, 0.25) is 5.91 Å². The van der Waals surface area contributed by atoms with Crippen molar-refractivity contribution in [3.05, 3.63) is 81.1 Å². The van der Waals surface area contributed by atoms with E-state index in [0.717, 1.165) is 35.5 Å². The molecule has 2 heterocycles. The Balaban J connectivity index is 1.45. The summed E-state index contributed by atoms with van der Waals surface area (Å²) in [7, 11) is 0. The molecule has 4 rings (SSSR count). The predicted octanol–water partition coefficient (Wildman–Crippen LogP) is 3.53. The lowest BCUT2D eigenvalue weighted by Crippen LogP contribution is -2.50. The molecule has 1 aromatic heterocycles. The summed E-state index contributed by atoms with van der Waals surface area (Å²) in [6.45, 7) is 6.60. The predicted molar refractivity (Wildman–Crippen MR) is 124 cm³/mol. The van der Waals surface area contributed by atoms with E-state index in [0.29, 0.717) is 23.8 Å². The molecule has 6 nitrogen and oxygen atoms in total. The van der Waals surface area contributed by atoms with Gasteiger partial charge in [-0.25, -0.2) is 4.68 Å².